The molecular formula is C16H26BN3O5. The molecule has 1 fully saturated rings. The van der Waals surface area contributed by atoms with Gasteiger partial charge < -0.3 is 19.5 Å². The molecule has 2 rings (SSSR count). The molecule has 8 nitrogen and oxygen atoms in total. The minimum absolute atomic E-state index is 0.146. The Balaban J connectivity index is 2.23. The maximum absolute atomic E-state index is 12.2. The van der Waals surface area contributed by atoms with E-state index in [0.29, 0.717) is 5.46 Å². The Bertz CT molecular complexity index is 605. The first-order chi connectivity index (χ1) is 11.5. The number of amides is 1. The van der Waals surface area contributed by atoms with Crippen LogP contribution in [0.5, 0.6) is 0 Å². The summed E-state index contributed by atoms with van der Waals surface area (Å²) in [4.78, 5) is 21.9. The number of carbonyl (C=O) groups excluding carboxylic acids is 1. The maximum atomic E-state index is 12.2. The number of hydrogen-bond donors (Lipinski definition) is 2. The molecular weight excluding hydrogens is 325 g/mol. The highest BCUT2D eigenvalue weighted by Gasteiger charge is 2.52. The Labute approximate surface area is 148 Å². The van der Waals surface area contributed by atoms with Crippen molar-refractivity contribution in [1.29, 1.82) is 0 Å². The van der Waals surface area contributed by atoms with Gasteiger partial charge in [0.1, 0.15) is 0 Å². The molecule has 0 unspecified atom stereocenters. The van der Waals surface area contributed by atoms with Gasteiger partial charge in [-0.05, 0) is 41.5 Å². The quantitative estimate of drug-likeness (QED) is 0.712. The van der Waals surface area contributed by atoms with Gasteiger partial charge in [-0.25, -0.2) is 9.97 Å². The molecule has 0 aliphatic carbocycles. The second-order valence-electron chi connectivity index (χ2n) is 7.41. The van der Waals surface area contributed by atoms with Crippen molar-refractivity contribution in [1.82, 2.24) is 9.97 Å². The fourth-order valence-electron chi connectivity index (χ4n) is 2.38. The number of carbonyl (C=O) groups is 1. The third-order valence-electron chi connectivity index (χ3n) is 4.61. The summed E-state index contributed by atoms with van der Waals surface area (Å²) in [6.45, 7) is 10.7. The maximum Gasteiger partial charge on any atom is 0.498 e. The number of nitrogens with zero attached hydrogens (tertiary/aromatic N) is 3. The summed E-state index contributed by atoms with van der Waals surface area (Å²) in [7, 11) is -0.592. The lowest BCUT2D eigenvalue weighted by atomic mass is 9.81. The molecule has 1 aromatic heterocycles. The van der Waals surface area contributed by atoms with Crippen molar-refractivity contribution in [3.63, 3.8) is 0 Å². The van der Waals surface area contributed by atoms with E-state index in [9.17, 15) is 9.90 Å². The zero-order valence-corrected chi connectivity index (χ0v) is 15.6. The van der Waals surface area contributed by atoms with Crippen LogP contribution in [0.1, 0.15) is 41.5 Å². The number of hydrogen-bond acceptors (Lipinski definition) is 7. The van der Waals surface area contributed by atoms with Crippen LogP contribution < -0.4 is 10.4 Å². The van der Waals surface area contributed by atoms with Gasteiger partial charge in [0.15, 0.2) is 6.10 Å². The molecule has 138 valence electrons. The molecule has 1 saturated heterocycles. The van der Waals surface area contributed by atoms with Crippen molar-refractivity contribution in [3.05, 3.63) is 12.4 Å². The molecule has 1 aliphatic heterocycles. The van der Waals surface area contributed by atoms with Gasteiger partial charge in [-0.2, -0.15) is 0 Å². The van der Waals surface area contributed by atoms with E-state index in [1.807, 2.05) is 27.7 Å². The van der Waals surface area contributed by atoms with Crippen LogP contribution >= 0.6 is 0 Å². The van der Waals surface area contributed by atoms with Crippen LogP contribution in [0.2, 0.25) is 0 Å². The first-order valence-corrected chi connectivity index (χ1v) is 8.29. The molecule has 0 bridgehead atoms. The molecule has 2 N–H and O–H groups in total. The van der Waals surface area contributed by atoms with E-state index in [4.69, 9.17) is 14.4 Å². The van der Waals surface area contributed by atoms with Crippen molar-refractivity contribution in [2.24, 2.45) is 0 Å². The van der Waals surface area contributed by atoms with Gasteiger partial charge in [0.2, 0.25) is 5.95 Å². The molecule has 1 amide bonds. The molecule has 0 spiro atoms. The van der Waals surface area contributed by atoms with Gasteiger partial charge in [0.25, 0.3) is 5.91 Å². The lowest BCUT2D eigenvalue weighted by Crippen LogP contribution is -2.46. The second-order valence-corrected chi connectivity index (χ2v) is 7.41. The second kappa shape index (κ2) is 6.99. The van der Waals surface area contributed by atoms with E-state index < -0.39 is 36.9 Å². The van der Waals surface area contributed by atoms with E-state index in [1.165, 1.54) is 4.90 Å². The Morgan fingerprint density at radius 2 is 1.68 bits per heavy atom. The third kappa shape index (κ3) is 3.84. The number of aliphatic hydroxyl groups excluding tert-OH is 2. The summed E-state index contributed by atoms with van der Waals surface area (Å²) in [5.41, 5.74) is -0.301. The summed E-state index contributed by atoms with van der Waals surface area (Å²) in [5.74, 6) is -0.506. The van der Waals surface area contributed by atoms with Gasteiger partial charge in [-0.15, -0.1) is 0 Å². The summed E-state index contributed by atoms with van der Waals surface area (Å²) in [6, 6.07) is -0.281. The summed E-state index contributed by atoms with van der Waals surface area (Å²) < 4.78 is 11.9. The molecule has 0 radical (unpaired) electrons. The van der Waals surface area contributed by atoms with E-state index in [1.54, 1.807) is 26.2 Å². The van der Waals surface area contributed by atoms with E-state index in [0.717, 1.165) is 0 Å². The van der Waals surface area contributed by atoms with Crippen molar-refractivity contribution in [3.8, 4) is 0 Å². The molecule has 1 aliphatic rings. The smallest absolute Gasteiger partial charge is 0.399 e. The Morgan fingerprint density at radius 1 is 1.20 bits per heavy atom. The molecule has 1 atom stereocenters. The van der Waals surface area contributed by atoms with Crippen LogP contribution in [-0.4, -0.2) is 63.2 Å². The number of anilines is 1. The summed E-state index contributed by atoms with van der Waals surface area (Å²) in [6.07, 6.45) is 1.57. The normalized spacial score (nSPS) is 20.0. The topological polar surface area (TPSA) is 105 Å². The average molecular weight is 351 g/mol. The predicted molar refractivity (Wildman–Crippen MR) is 93.5 cm³/mol. The summed E-state index contributed by atoms with van der Waals surface area (Å²) in [5, 5.41) is 18.6. The zero-order valence-electron chi connectivity index (χ0n) is 15.6. The van der Waals surface area contributed by atoms with Crippen LogP contribution in [-0.2, 0) is 14.1 Å². The molecule has 0 aromatic carbocycles. The van der Waals surface area contributed by atoms with Crippen LogP contribution in [0.4, 0.5) is 5.95 Å². The highest BCUT2D eigenvalue weighted by molar-refractivity contribution is 6.61. The van der Waals surface area contributed by atoms with Crippen molar-refractivity contribution in [2.75, 3.05) is 11.5 Å². The molecule has 0 saturated carbocycles. The largest absolute Gasteiger partial charge is 0.498 e. The lowest BCUT2D eigenvalue weighted by molar-refractivity contribution is -0.128. The van der Waals surface area contributed by atoms with Gasteiger partial charge in [0, 0.05) is 23.9 Å². The highest BCUT2D eigenvalue weighted by Crippen LogP contribution is 2.36. The van der Waals surface area contributed by atoms with Gasteiger partial charge >= 0.3 is 7.12 Å². The first kappa shape index (κ1) is 19.8. The van der Waals surface area contributed by atoms with E-state index in [2.05, 4.69) is 9.97 Å². The number of rotatable bonds is 5. The SMILES string of the molecule is CC(C)N(C(=O)[C@H](O)CO)c1ncc(B2OC(C)(C)C(C)(C)O2)cn1. The Morgan fingerprint density at radius 3 is 2.08 bits per heavy atom. The van der Waals surface area contributed by atoms with Gasteiger partial charge in [-0.3, -0.25) is 9.69 Å². The molecule has 2 heterocycles. The minimum Gasteiger partial charge on any atom is -0.399 e. The zero-order chi connectivity index (χ0) is 19.0. The Hall–Kier alpha value is -1.55. The van der Waals surface area contributed by atoms with Crippen molar-refractivity contribution >= 4 is 24.4 Å². The fraction of sp³-hybridized carbons (Fsp3) is 0.688. The molecule has 1 aromatic rings. The van der Waals surface area contributed by atoms with Crippen LogP contribution in [0.25, 0.3) is 0 Å². The Kier molecular flexibility index (Phi) is 5.53. The van der Waals surface area contributed by atoms with E-state index >= 15 is 0 Å². The fourth-order valence-corrected chi connectivity index (χ4v) is 2.38. The highest BCUT2D eigenvalue weighted by atomic mass is 16.7. The minimum atomic E-state index is -1.51. The monoisotopic (exact) mass is 351 g/mol. The summed E-state index contributed by atoms with van der Waals surface area (Å²) >= 11 is 0. The van der Waals surface area contributed by atoms with Crippen LogP contribution in [0, 0.1) is 0 Å². The van der Waals surface area contributed by atoms with Gasteiger partial charge in [0.05, 0.1) is 17.8 Å². The van der Waals surface area contributed by atoms with E-state index in [-0.39, 0.29) is 12.0 Å². The van der Waals surface area contributed by atoms with Crippen molar-refractivity contribution in [2.45, 2.75) is 64.9 Å². The predicted octanol–water partition coefficient (Wildman–Crippen LogP) is -0.130. The molecule has 9 heteroatoms. The van der Waals surface area contributed by atoms with Gasteiger partial charge in [-0.1, -0.05) is 0 Å². The number of aliphatic hydroxyl groups is 2. The first-order valence-electron chi connectivity index (χ1n) is 8.29. The average Bonchev–Trinajstić information content (AvgIpc) is 2.75. The molecule has 25 heavy (non-hydrogen) atoms. The lowest BCUT2D eigenvalue weighted by Gasteiger charge is -2.32. The van der Waals surface area contributed by atoms with Crippen LogP contribution in [0.15, 0.2) is 12.4 Å². The van der Waals surface area contributed by atoms with Crippen LogP contribution in [0.3, 0.4) is 0 Å². The number of aromatic nitrogens is 2. The van der Waals surface area contributed by atoms with Crippen molar-refractivity contribution < 1.29 is 24.3 Å². The standard InChI is InChI=1S/C16H26BN3O5/c1-10(2)20(13(23)12(22)9-21)14-18-7-11(8-19-14)17-24-15(3,4)16(5,6)25-17/h7-8,10,12,21-22H,9H2,1-6H3/t12-/m1/s1. The third-order valence-corrected chi connectivity index (χ3v) is 4.61.